The molecule has 0 aromatic heterocycles. The average Bonchev–Trinajstić information content (AvgIpc) is 1.97. The molecule has 1 aliphatic rings. The van der Waals surface area contributed by atoms with Gasteiger partial charge in [0, 0.05) is 0 Å². The number of hydrogen-bond donors (Lipinski definition) is 0. The maximum Gasteiger partial charge on any atom is -0.0326 e. The Labute approximate surface area is 77.7 Å². The first-order valence-corrected chi connectivity index (χ1v) is 5.47. The van der Waals surface area contributed by atoms with E-state index in [-0.39, 0.29) is 0 Å². The van der Waals surface area contributed by atoms with Crippen LogP contribution in [0.4, 0.5) is 0 Å². The van der Waals surface area contributed by atoms with Crippen LogP contribution in [0.15, 0.2) is 0 Å². The predicted molar refractivity (Wildman–Crippen MR) is 55.1 cm³/mol. The van der Waals surface area contributed by atoms with Crippen LogP contribution in [0.2, 0.25) is 0 Å². The summed E-state index contributed by atoms with van der Waals surface area (Å²) in [5.41, 5.74) is 0.590. The minimum atomic E-state index is 0.590. The van der Waals surface area contributed by atoms with Gasteiger partial charge >= 0.3 is 0 Å². The second-order valence-corrected chi connectivity index (χ2v) is 5.48. The Hall–Kier alpha value is 0. The zero-order chi connectivity index (χ0) is 9.35. The highest BCUT2D eigenvalue weighted by molar-refractivity contribution is 4.86. The molecule has 12 heavy (non-hydrogen) atoms. The molecule has 0 amide bonds. The third-order valence-corrected chi connectivity index (χ3v) is 4.18. The standard InChI is InChI=1S/C12H24/c1-6-11-8-12(4,5)10(3)7-9(11)2/h9-11H,6-8H2,1-5H3. The van der Waals surface area contributed by atoms with Gasteiger partial charge in [0.1, 0.15) is 0 Å². The Balaban J connectivity index is 2.63. The third-order valence-electron chi connectivity index (χ3n) is 4.18. The van der Waals surface area contributed by atoms with Crippen LogP contribution in [-0.2, 0) is 0 Å². The minimum Gasteiger partial charge on any atom is -0.0651 e. The molecule has 0 radical (unpaired) electrons. The van der Waals surface area contributed by atoms with Crippen molar-refractivity contribution in [3.8, 4) is 0 Å². The summed E-state index contributed by atoms with van der Waals surface area (Å²) in [5.74, 6) is 2.85. The second-order valence-electron chi connectivity index (χ2n) is 5.48. The zero-order valence-electron chi connectivity index (χ0n) is 9.35. The molecule has 0 bridgehead atoms. The average molecular weight is 168 g/mol. The molecular weight excluding hydrogens is 144 g/mol. The van der Waals surface area contributed by atoms with E-state index in [4.69, 9.17) is 0 Å². The van der Waals surface area contributed by atoms with Gasteiger partial charge < -0.3 is 0 Å². The van der Waals surface area contributed by atoms with Gasteiger partial charge in [0.25, 0.3) is 0 Å². The molecule has 1 rings (SSSR count). The van der Waals surface area contributed by atoms with Crippen LogP contribution >= 0.6 is 0 Å². The van der Waals surface area contributed by atoms with Gasteiger partial charge in [0.2, 0.25) is 0 Å². The maximum atomic E-state index is 2.44. The van der Waals surface area contributed by atoms with Gasteiger partial charge in [-0.1, -0.05) is 41.0 Å². The van der Waals surface area contributed by atoms with Crippen molar-refractivity contribution in [2.24, 2.45) is 23.2 Å². The molecule has 0 spiro atoms. The molecule has 1 saturated carbocycles. The highest BCUT2D eigenvalue weighted by Crippen LogP contribution is 2.46. The second kappa shape index (κ2) is 3.40. The van der Waals surface area contributed by atoms with Crippen molar-refractivity contribution in [3.05, 3.63) is 0 Å². The van der Waals surface area contributed by atoms with Gasteiger partial charge in [-0.25, -0.2) is 0 Å². The Bertz CT molecular complexity index is 146. The van der Waals surface area contributed by atoms with Crippen molar-refractivity contribution in [3.63, 3.8) is 0 Å². The van der Waals surface area contributed by atoms with Crippen LogP contribution < -0.4 is 0 Å². The fraction of sp³-hybridized carbons (Fsp3) is 1.00. The third kappa shape index (κ3) is 1.84. The normalized spacial score (nSPS) is 41.2. The lowest BCUT2D eigenvalue weighted by Crippen LogP contribution is -2.34. The lowest BCUT2D eigenvalue weighted by atomic mass is 9.61. The quantitative estimate of drug-likeness (QED) is 0.553. The molecule has 0 aromatic carbocycles. The Morgan fingerprint density at radius 2 is 1.83 bits per heavy atom. The topological polar surface area (TPSA) is 0 Å². The van der Waals surface area contributed by atoms with E-state index >= 15 is 0 Å². The molecule has 0 N–H and O–H groups in total. The number of hydrogen-bond acceptors (Lipinski definition) is 0. The summed E-state index contributed by atoms with van der Waals surface area (Å²) in [6, 6.07) is 0. The molecule has 0 nitrogen and oxygen atoms in total. The number of rotatable bonds is 1. The van der Waals surface area contributed by atoms with Crippen LogP contribution in [0.3, 0.4) is 0 Å². The van der Waals surface area contributed by atoms with E-state index in [1.807, 2.05) is 0 Å². The fourth-order valence-corrected chi connectivity index (χ4v) is 2.69. The van der Waals surface area contributed by atoms with Gasteiger partial charge in [0.15, 0.2) is 0 Å². The van der Waals surface area contributed by atoms with Crippen molar-refractivity contribution in [2.75, 3.05) is 0 Å². The monoisotopic (exact) mass is 168 g/mol. The molecule has 0 aromatic rings. The van der Waals surface area contributed by atoms with Gasteiger partial charge in [0.05, 0.1) is 0 Å². The van der Waals surface area contributed by atoms with Gasteiger partial charge in [-0.15, -0.1) is 0 Å². The fourth-order valence-electron chi connectivity index (χ4n) is 2.69. The van der Waals surface area contributed by atoms with E-state index in [1.54, 1.807) is 0 Å². The predicted octanol–water partition coefficient (Wildman–Crippen LogP) is 4.10. The zero-order valence-corrected chi connectivity index (χ0v) is 9.35. The van der Waals surface area contributed by atoms with Gasteiger partial charge in [-0.05, 0) is 36.0 Å². The first kappa shape index (κ1) is 10.1. The highest BCUT2D eigenvalue weighted by Gasteiger charge is 2.36. The molecular formula is C12H24. The van der Waals surface area contributed by atoms with Crippen LogP contribution in [0.5, 0.6) is 0 Å². The Morgan fingerprint density at radius 1 is 1.25 bits per heavy atom. The van der Waals surface area contributed by atoms with Crippen molar-refractivity contribution in [1.82, 2.24) is 0 Å². The lowest BCUT2D eigenvalue weighted by molar-refractivity contribution is 0.0627. The molecule has 3 atom stereocenters. The summed E-state index contributed by atoms with van der Waals surface area (Å²) in [4.78, 5) is 0. The van der Waals surface area contributed by atoms with Crippen molar-refractivity contribution >= 4 is 0 Å². The minimum absolute atomic E-state index is 0.590. The van der Waals surface area contributed by atoms with Gasteiger partial charge in [-0.2, -0.15) is 0 Å². The van der Waals surface area contributed by atoms with Crippen molar-refractivity contribution in [2.45, 2.75) is 53.9 Å². The van der Waals surface area contributed by atoms with E-state index in [0.29, 0.717) is 5.41 Å². The largest absolute Gasteiger partial charge is 0.0651 e. The molecule has 3 unspecified atom stereocenters. The van der Waals surface area contributed by atoms with E-state index in [1.165, 1.54) is 19.3 Å². The summed E-state index contributed by atoms with van der Waals surface area (Å²) in [6.07, 6.45) is 4.24. The summed E-state index contributed by atoms with van der Waals surface area (Å²) in [6.45, 7) is 12.1. The maximum absolute atomic E-state index is 2.44. The highest BCUT2D eigenvalue weighted by atomic mass is 14.4. The first-order chi connectivity index (χ1) is 5.47. The molecule has 1 fully saturated rings. The van der Waals surface area contributed by atoms with E-state index in [2.05, 4.69) is 34.6 Å². The first-order valence-electron chi connectivity index (χ1n) is 5.47. The summed E-state index contributed by atoms with van der Waals surface area (Å²) in [5, 5.41) is 0. The molecule has 0 aliphatic heterocycles. The van der Waals surface area contributed by atoms with Crippen molar-refractivity contribution in [1.29, 1.82) is 0 Å². The summed E-state index contributed by atoms with van der Waals surface area (Å²) >= 11 is 0. The molecule has 0 heteroatoms. The van der Waals surface area contributed by atoms with E-state index in [9.17, 15) is 0 Å². The van der Waals surface area contributed by atoms with E-state index < -0.39 is 0 Å². The van der Waals surface area contributed by atoms with Gasteiger partial charge in [-0.3, -0.25) is 0 Å². The van der Waals surface area contributed by atoms with Crippen LogP contribution in [0.1, 0.15) is 53.9 Å². The molecule has 0 heterocycles. The lowest BCUT2D eigenvalue weighted by Gasteiger charge is -2.44. The molecule has 0 saturated heterocycles. The van der Waals surface area contributed by atoms with Crippen LogP contribution in [-0.4, -0.2) is 0 Å². The molecule has 1 aliphatic carbocycles. The molecule has 72 valence electrons. The SMILES string of the molecule is CCC1CC(C)(C)C(C)CC1C. The Morgan fingerprint density at radius 3 is 2.33 bits per heavy atom. The summed E-state index contributed by atoms with van der Waals surface area (Å²) in [7, 11) is 0. The van der Waals surface area contributed by atoms with Crippen LogP contribution in [0.25, 0.3) is 0 Å². The smallest absolute Gasteiger partial charge is 0.0326 e. The van der Waals surface area contributed by atoms with Crippen molar-refractivity contribution < 1.29 is 0 Å². The van der Waals surface area contributed by atoms with E-state index in [0.717, 1.165) is 17.8 Å². The summed E-state index contributed by atoms with van der Waals surface area (Å²) < 4.78 is 0. The Kier molecular flexibility index (Phi) is 2.85. The van der Waals surface area contributed by atoms with Crippen LogP contribution in [0, 0.1) is 23.2 Å².